The highest BCUT2D eigenvalue weighted by atomic mass is 16.1. The lowest BCUT2D eigenvalue weighted by Crippen LogP contribution is -2.07. The lowest BCUT2D eigenvalue weighted by atomic mass is 9.98. The van der Waals surface area contributed by atoms with Crippen LogP contribution in [0.25, 0.3) is 16.5 Å². The van der Waals surface area contributed by atoms with Crippen LogP contribution in [-0.2, 0) is 0 Å². The van der Waals surface area contributed by atoms with Crippen molar-refractivity contribution in [2.24, 2.45) is 0 Å². The predicted octanol–water partition coefficient (Wildman–Crippen LogP) is 4.72. The molecule has 158 valence electrons. The number of imidazole rings is 1. The zero-order valence-corrected chi connectivity index (χ0v) is 17.4. The van der Waals surface area contributed by atoms with Gasteiger partial charge in [-0.25, -0.2) is 15.0 Å². The van der Waals surface area contributed by atoms with Gasteiger partial charge in [-0.2, -0.15) is 0 Å². The predicted molar refractivity (Wildman–Crippen MR) is 125 cm³/mol. The molecule has 3 aromatic heterocycles. The van der Waals surface area contributed by atoms with Crippen molar-refractivity contribution in [3.63, 3.8) is 0 Å². The third kappa shape index (κ3) is 3.62. The molecule has 1 atom stereocenters. The Hall–Kier alpha value is -4.00. The molecule has 3 heterocycles. The monoisotopic (exact) mass is 422 g/mol. The van der Waals surface area contributed by atoms with E-state index in [2.05, 4.69) is 49.3 Å². The van der Waals surface area contributed by atoms with Gasteiger partial charge in [0.2, 0.25) is 0 Å². The number of hydrogen-bond acceptors (Lipinski definition) is 5. The van der Waals surface area contributed by atoms with Crippen LogP contribution in [0.5, 0.6) is 0 Å². The Labute approximate surface area is 184 Å². The van der Waals surface area contributed by atoms with Crippen LogP contribution in [0.4, 0.5) is 11.5 Å². The molecule has 0 saturated heterocycles. The largest absolute Gasteiger partial charge is 0.340 e. The number of nitrogens with zero attached hydrogens (tertiary/aromatic N) is 4. The third-order valence-corrected chi connectivity index (χ3v) is 6.03. The zero-order valence-electron chi connectivity index (χ0n) is 17.4. The molecule has 2 aliphatic carbocycles. The highest BCUT2D eigenvalue weighted by Gasteiger charge is 2.26. The molecule has 2 N–H and O–H groups in total. The molecule has 32 heavy (non-hydrogen) atoms. The Balaban J connectivity index is 1.18. The van der Waals surface area contributed by atoms with Gasteiger partial charge in [0, 0.05) is 47.2 Å². The molecule has 1 unspecified atom stereocenters. The number of pyridine rings is 1. The van der Waals surface area contributed by atoms with Crippen molar-refractivity contribution in [3.8, 4) is 0 Å². The third-order valence-electron chi connectivity index (χ3n) is 6.03. The number of anilines is 2. The van der Waals surface area contributed by atoms with Gasteiger partial charge in [-0.3, -0.25) is 4.79 Å². The smallest absolute Gasteiger partial charge is 0.255 e. The number of nitrogens with one attached hydrogen (secondary N) is 2. The maximum Gasteiger partial charge on any atom is 0.255 e. The van der Waals surface area contributed by atoms with E-state index < -0.39 is 0 Å². The molecule has 0 bridgehead atoms. The van der Waals surface area contributed by atoms with Gasteiger partial charge in [-0.05, 0) is 61.1 Å². The van der Waals surface area contributed by atoms with Crippen molar-refractivity contribution < 1.29 is 0 Å². The summed E-state index contributed by atoms with van der Waals surface area (Å²) in [6.07, 6.45) is 17.3. The molecule has 1 aromatic carbocycles. The van der Waals surface area contributed by atoms with Gasteiger partial charge in [0.15, 0.2) is 0 Å². The summed E-state index contributed by atoms with van der Waals surface area (Å²) in [6.45, 7) is 0. The Morgan fingerprint density at radius 2 is 2.06 bits per heavy atom. The molecule has 4 aromatic rings. The van der Waals surface area contributed by atoms with Gasteiger partial charge in [0.05, 0.1) is 12.0 Å². The molecule has 2 aliphatic rings. The molecular formula is C25H22N6O. The Bertz CT molecular complexity index is 1430. The molecule has 7 nitrogen and oxygen atoms in total. The average molecular weight is 422 g/mol. The number of benzene rings is 1. The average Bonchev–Trinajstić information content (AvgIpc) is 3.56. The van der Waals surface area contributed by atoms with Gasteiger partial charge in [0.25, 0.3) is 5.56 Å². The summed E-state index contributed by atoms with van der Waals surface area (Å²) in [4.78, 5) is 28.4. The van der Waals surface area contributed by atoms with Crippen molar-refractivity contribution in [2.75, 3.05) is 5.32 Å². The van der Waals surface area contributed by atoms with Crippen molar-refractivity contribution in [1.29, 1.82) is 0 Å². The molecular weight excluding hydrogens is 400 g/mol. The second kappa shape index (κ2) is 7.60. The fraction of sp³-hybridized carbons (Fsp3) is 0.200. The van der Waals surface area contributed by atoms with E-state index in [-0.39, 0.29) is 11.5 Å². The van der Waals surface area contributed by atoms with Crippen molar-refractivity contribution in [2.45, 2.75) is 31.1 Å². The van der Waals surface area contributed by atoms with Crippen LogP contribution in [0.2, 0.25) is 0 Å². The van der Waals surface area contributed by atoms with E-state index >= 15 is 0 Å². The van der Waals surface area contributed by atoms with E-state index in [0.717, 1.165) is 34.8 Å². The highest BCUT2D eigenvalue weighted by molar-refractivity contribution is 5.85. The van der Waals surface area contributed by atoms with Crippen molar-refractivity contribution in [1.82, 2.24) is 24.5 Å². The van der Waals surface area contributed by atoms with E-state index in [1.807, 2.05) is 36.7 Å². The molecule has 6 rings (SSSR count). The fourth-order valence-electron chi connectivity index (χ4n) is 4.10. The van der Waals surface area contributed by atoms with Crippen LogP contribution in [-0.4, -0.2) is 24.5 Å². The summed E-state index contributed by atoms with van der Waals surface area (Å²) in [6, 6.07) is 9.39. The number of rotatable bonds is 5. The molecule has 0 spiro atoms. The van der Waals surface area contributed by atoms with Gasteiger partial charge in [-0.1, -0.05) is 12.2 Å². The number of aromatic nitrogens is 5. The summed E-state index contributed by atoms with van der Waals surface area (Å²) in [5.41, 5.74) is 3.12. The SMILES string of the molecule is O=c1[nH]ccc2cc(Nc3ccnc(C4C=CC(n5cnc(C6CC6)c5)=CC4)n3)ccc12. The maximum absolute atomic E-state index is 11.9. The van der Waals surface area contributed by atoms with E-state index in [0.29, 0.717) is 11.3 Å². The van der Waals surface area contributed by atoms with Crippen LogP contribution in [0.15, 0.2) is 78.3 Å². The molecule has 0 aliphatic heterocycles. The van der Waals surface area contributed by atoms with Gasteiger partial charge >= 0.3 is 0 Å². The number of H-pyrrole nitrogens is 1. The first kappa shape index (κ1) is 18.7. The first-order valence-corrected chi connectivity index (χ1v) is 10.9. The van der Waals surface area contributed by atoms with Gasteiger partial charge in [0.1, 0.15) is 11.6 Å². The van der Waals surface area contributed by atoms with E-state index in [4.69, 9.17) is 4.98 Å². The van der Waals surface area contributed by atoms with Crippen molar-refractivity contribution in [3.05, 3.63) is 95.3 Å². The maximum atomic E-state index is 11.9. The molecule has 0 radical (unpaired) electrons. The van der Waals surface area contributed by atoms with Crippen LogP contribution < -0.4 is 10.9 Å². The van der Waals surface area contributed by atoms with E-state index in [1.54, 1.807) is 12.4 Å². The quantitative estimate of drug-likeness (QED) is 0.486. The van der Waals surface area contributed by atoms with Crippen LogP contribution in [0.3, 0.4) is 0 Å². The number of aromatic amines is 1. The minimum absolute atomic E-state index is 0.0886. The number of hydrogen-bond donors (Lipinski definition) is 2. The minimum Gasteiger partial charge on any atom is -0.340 e. The van der Waals surface area contributed by atoms with E-state index in [9.17, 15) is 4.79 Å². The standard InChI is InChI=1S/C25H22N6O/c32-25-21-8-5-19(13-18(21)9-11-27-25)29-23-10-12-26-24(30-23)17-3-6-20(7-4-17)31-14-22(28-15-31)16-1-2-16/h3,5-17H,1-2,4H2,(H,27,32)(H,26,29,30). The Kier molecular flexibility index (Phi) is 4.45. The summed E-state index contributed by atoms with van der Waals surface area (Å²) in [5, 5.41) is 4.88. The topological polar surface area (TPSA) is 88.5 Å². The Morgan fingerprint density at radius 3 is 2.91 bits per heavy atom. The zero-order chi connectivity index (χ0) is 21.5. The summed E-state index contributed by atoms with van der Waals surface area (Å²) in [7, 11) is 0. The van der Waals surface area contributed by atoms with Crippen molar-refractivity contribution >= 4 is 28.0 Å². The lowest BCUT2D eigenvalue weighted by Gasteiger charge is -2.16. The van der Waals surface area contributed by atoms with Crippen LogP contribution in [0, 0.1) is 0 Å². The second-order valence-electron chi connectivity index (χ2n) is 8.34. The van der Waals surface area contributed by atoms with Crippen LogP contribution >= 0.6 is 0 Å². The summed E-state index contributed by atoms with van der Waals surface area (Å²) < 4.78 is 2.10. The highest BCUT2D eigenvalue weighted by Crippen LogP contribution is 2.39. The molecule has 7 heteroatoms. The van der Waals surface area contributed by atoms with Gasteiger partial charge in [-0.15, -0.1) is 0 Å². The summed E-state index contributed by atoms with van der Waals surface area (Å²) >= 11 is 0. The second-order valence-corrected chi connectivity index (χ2v) is 8.34. The van der Waals surface area contributed by atoms with Gasteiger partial charge < -0.3 is 14.9 Å². The number of fused-ring (bicyclic) bond motifs is 1. The molecule has 1 saturated carbocycles. The van der Waals surface area contributed by atoms with E-state index in [1.165, 1.54) is 18.5 Å². The lowest BCUT2D eigenvalue weighted by molar-refractivity contribution is 0.770. The summed E-state index contributed by atoms with van der Waals surface area (Å²) in [5.74, 6) is 2.29. The minimum atomic E-state index is -0.0886. The van der Waals surface area contributed by atoms with Crippen LogP contribution in [0.1, 0.15) is 42.6 Å². The normalized spacial score (nSPS) is 18.0. The first-order chi connectivity index (χ1) is 15.7. The molecule has 0 amide bonds. The Morgan fingerprint density at radius 1 is 1.12 bits per heavy atom. The molecule has 1 fully saturated rings. The fourth-order valence-corrected chi connectivity index (χ4v) is 4.10. The first-order valence-electron chi connectivity index (χ1n) is 10.9. The number of allylic oxidation sites excluding steroid dienone is 4.